The molecule has 2 heterocycles. The van der Waals surface area contributed by atoms with Gasteiger partial charge in [-0.15, -0.1) is 0 Å². The third-order valence-electron chi connectivity index (χ3n) is 3.41. The molecular weight excluding hydrogens is 264 g/mol. The Labute approximate surface area is 113 Å². The quantitative estimate of drug-likeness (QED) is 0.819. The summed E-state index contributed by atoms with van der Waals surface area (Å²) in [7, 11) is -2.89. The summed E-state index contributed by atoms with van der Waals surface area (Å²) in [5.74, 6) is 0.479. The Bertz CT molecular complexity index is 560. The van der Waals surface area contributed by atoms with E-state index in [1.807, 2.05) is 30.8 Å². The van der Waals surface area contributed by atoms with Crippen LogP contribution in [0, 0.1) is 5.92 Å². The van der Waals surface area contributed by atoms with E-state index in [0.29, 0.717) is 19.3 Å². The summed E-state index contributed by atoms with van der Waals surface area (Å²) in [4.78, 5) is 11.9. The van der Waals surface area contributed by atoms with Crippen molar-refractivity contribution in [2.24, 2.45) is 5.92 Å². The number of hydrogen-bond donors (Lipinski definition) is 0. The van der Waals surface area contributed by atoms with Gasteiger partial charge in [0, 0.05) is 18.7 Å². The lowest BCUT2D eigenvalue weighted by atomic mass is 10.00. The minimum Gasteiger partial charge on any atom is -0.299 e. The van der Waals surface area contributed by atoms with Crippen molar-refractivity contribution in [3.63, 3.8) is 0 Å². The molecule has 0 radical (unpaired) electrons. The fraction of sp³-hybridized carbons (Fsp3) is 0.692. The molecule has 1 aliphatic rings. The van der Waals surface area contributed by atoms with E-state index in [1.54, 1.807) is 0 Å². The van der Waals surface area contributed by atoms with Gasteiger partial charge in [-0.05, 0) is 32.3 Å². The number of hydrogen-bond acceptors (Lipinski definition) is 4. The highest BCUT2D eigenvalue weighted by molar-refractivity contribution is 7.91. The van der Waals surface area contributed by atoms with Crippen molar-refractivity contribution in [3.8, 4) is 0 Å². The summed E-state index contributed by atoms with van der Waals surface area (Å²) in [5.41, 5.74) is 0.763. The standard InChI is InChI=1S/C13H20N2O3S/c1-10(2)15-5-3-12(14-15)8-13(16)7-11-4-6-19(17,18)9-11/h3,5,10-11H,4,6-9H2,1-2H3. The van der Waals surface area contributed by atoms with Crippen LogP contribution in [0.15, 0.2) is 12.3 Å². The van der Waals surface area contributed by atoms with E-state index in [9.17, 15) is 13.2 Å². The van der Waals surface area contributed by atoms with Gasteiger partial charge >= 0.3 is 0 Å². The summed E-state index contributed by atoms with van der Waals surface area (Å²) >= 11 is 0. The maximum atomic E-state index is 11.9. The summed E-state index contributed by atoms with van der Waals surface area (Å²) in [5, 5.41) is 4.33. The van der Waals surface area contributed by atoms with Crippen molar-refractivity contribution in [2.75, 3.05) is 11.5 Å². The smallest absolute Gasteiger partial charge is 0.150 e. The third kappa shape index (κ3) is 3.89. The second kappa shape index (κ2) is 5.45. The van der Waals surface area contributed by atoms with Gasteiger partial charge in [0.15, 0.2) is 9.84 Å². The second-order valence-electron chi connectivity index (χ2n) is 5.57. The molecule has 0 aliphatic carbocycles. The molecular formula is C13H20N2O3S. The van der Waals surface area contributed by atoms with Crippen LogP contribution >= 0.6 is 0 Å². The maximum absolute atomic E-state index is 11.9. The molecule has 1 aromatic heterocycles. The van der Waals surface area contributed by atoms with Gasteiger partial charge in [-0.25, -0.2) is 8.42 Å². The lowest BCUT2D eigenvalue weighted by Crippen LogP contribution is -2.13. The molecule has 1 unspecified atom stereocenters. The monoisotopic (exact) mass is 284 g/mol. The first-order chi connectivity index (χ1) is 8.85. The first-order valence-electron chi connectivity index (χ1n) is 6.62. The number of rotatable bonds is 5. The molecule has 6 heteroatoms. The topological polar surface area (TPSA) is 69.0 Å². The van der Waals surface area contributed by atoms with Crippen LogP contribution in [0.4, 0.5) is 0 Å². The van der Waals surface area contributed by atoms with Crippen molar-refractivity contribution in [1.29, 1.82) is 0 Å². The third-order valence-corrected chi connectivity index (χ3v) is 5.25. The highest BCUT2D eigenvalue weighted by Gasteiger charge is 2.29. The van der Waals surface area contributed by atoms with Crippen molar-refractivity contribution >= 4 is 15.6 Å². The Balaban J connectivity index is 1.87. The first-order valence-corrected chi connectivity index (χ1v) is 8.44. The Morgan fingerprint density at radius 1 is 1.53 bits per heavy atom. The fourth-order valence-corrected chi connectivity index (χ4v) is 4.25. The van der Waals surface area contributed by atoms with Crippen LogP contribution in [0.1, 0.15) is 38.4 Å². The number of sulfone groups is 1. The van der Waals surface area contributed by atoms with Crippen molar-refractivity contribution in [1.82, 2.24) is 9.78 Å². The molecule has 5 nitrogen and oxygen atoms in total. The Morgan fingerprint density at radius 3 is 2.79 bits per heavy atom. The van der Waals surface area contributed by atoms with Crippen molar-refractivity contribution in [3.05, 3.63) is 18.0 Å². The second-order valence-corrected chi connectivity index (χ2v) is 7.80. The fourth-order valence-electron chi connectivity index (χ4n) is 2.39. The van der Waals surface area contributed by atoms with Crippen molar-refractivity contribution < 1.29 is 13.2 Å². The lowest BCUT2D eigenvalue weighted by Gasteiger charge is -2.06. The molecule has 19 heavy (non-hydrogen) atoms. The zero-order chi connectivity index (χ0) is 14.0. The molecule has 0 aromatic carbocycles. The highest BCUT2D eigenvalue weighted by Crippen LogP contribution is 2.22. The van der Waals surface area contributed by atoms with Gasteiger partial charge < -0.3 is 0 Å². The van der Waals surface area contributed by atoms with Crippen LogP contribution in [-0.2, 0) is 21.1 Å². The van der Waals surface area contributed by atoms with E-state index < -0.39 is 9.84 Å². The molecule has 1 fully saturated rings. The van der Waals surface area contributed by atoms with E-state index in [0.717, 1.165) is 5.69 Å². The van der Waals surface area contributed by atoms with Crippen LogP contribution < -0.4 is 0 Å². The minimum absolute atomic E-state index is 0.00434. The predicted octanol–water partition coefficient (Wildman–Crippen LogP) is 1.40. The van der Waals surface area contributed by atoms with Crippen LogP contribution in [0.2, 0.25) is 0 Å². The number of ketones is 1. The molecule has 1 aliphatic heterocycles. The Kier molecular flexibility index (Phi) is 4.08. The molecule has 0 bridgehead atoms. The van der Waals surface area contributed by atoms with E-state index in [2.05, 4.69) is 5.10 Å². The summed E-state index contributed by atoms with van der Waals surface area (Å²) in [6.07, 6.45) is 3.14. The molecule has 0 saturated carbocycles. The number of aromatic nitrogens is 2. The van der Waals surface area contributed by atoms with E-state index in [4.69, 9.17) is 0 Å². The van der Waals surface area contributed by atoms with Crippen LogP contribution in [0.5, 0.6) is 0 Å². The SMILES string of the molecule is CC(C)n1ccc(CC(=O)CC2CCS(=O)(=O)C2)n1. The van der Waals surface area contributed by atoms with Crippen LogP contribution in [-0.4, -0.2) is 35.5 Å². The maximum Gasteiger partial charge on any atom is 0.150 e. The number of Topliss-reactive ketones (excluding diaryl/α,β-unsaturated/α-hetero) is 1. The van der Waals surface area contributed by atoms with Gasteiger partial charge in [0.1, 0.15) is 5.78 Å². The van der Waals surface area contributed by atoms with Crippen LogP contribution in [0.3, 0.4) is 0 Å². The first kappa shape index (κ1) is 14.2. The number of carbonyl (C=O) groups excluding carboxylic acids is 1. The highest BCUT2D eigenvalue weighted by atomic mass is 32.2. The van der Waals surface area contributed by atoms with Gasteiger partial charge in [-0.3, -0.25) is 9.48 Å². The van der Waals surface area contributed by atoms with E-state index in [1.165, 1.54) is 0 Å². The van der Waals surface area contributed by atoms with E-state index in [-0.39, 0.29) is 29.2 Å². The lowest BCUT2D eigenvalue weighted by molar-refractivity contribution is -0.119. The molecule has 1 aromatic rings. The molecule has 0 amide bonds. The average molecular weight is 284 g/mol. The predicted molar refractivity (Wildman–Crippen MR) is 72.7 cm³/mol. The minimum atomic E-state index is -2.89. The van der Waals surface area contributed by atoms with Gasteiger partial charge in [-0.1, -0.05) is 0 Å². The van der Waals surface area contributed by atoms with Gasteiger partial charge in [0.25, 0.3) is 0 Å². The Morgan fingerprint density at radius 2 is 2.26 bits per heavy atom. The molecule has 0 N–H and O–H groups in total. The number of nitrogens with zero attached hydrogens (tertiary/aromatic N) is 2. The Hall–Kier alpha value is -1.17. The van der Waals surface area contributed by atoms with Crippen molar-refractivity contribution in [2.45, 2.75) is 39.2 Å². The van der Waals surface area contributed by atoms with Gasteiger partial charge in [0.05, 0.1) is 23.6 Å². The van der Waals surface area contributed by atoms with E-state index >= 15 is 0 Å². The normalized spacial score (nSPS) is 21.9. The zero-order valence-electron chi connectivity index (χ0n) is 11.4. The van der Waals surface area contributed by atoms with Gasteiger partial charge in [-0.2, -0.15) is 5.10 Å². The average Bonchev–Trinajstić information content (AvgIpc) is 2.85. The molecule has 1 atom stereocenters. The molecule has 0 spiro atoms. The molecule has 2 rings (SSSR count). The summed E-state index contributed by atoms with van der Waals surface area (Å²) in [6.45, 7) is 4.06. The molecule has 1 saturated heterocycles. The van der Waals surface area contributed by atoms with Crippen LogP contribution in [0.25, 0.3) is 0 Å². The molecule has 106 valence electrons. The summed E-state index contributed by atoms with van der Waals surface area (Å²) in [6, 6.07) is 2.13. The number of carbonyl (C=O) groups is 1. The van der Waals surface area contributed by atoms with Gasteiger partial charge in [0.2, 0.25) is 0 Å². The summed E-state index contributed by atoms with van der Waals surface area (Å²) < 4.78 is 24.5. The zero-order valence-corrected chi connectivity index (χ0v) is 12.2. The largest absolute Gasteiger partial charge is 0.299 e.